The van der Waals surface area contributed by atoms with E-state index in [2.05, 4.69) is 24.3 Å². The third-order valence-corrected chi connectivity index (χ3v) is 3.57. The fraction of sp³-hybridized carbons (Fsp3) is 0.571. The molecule has 0 spiro atoms. The molecule has 1 fully saturated rings. The van der Waals surface area contributed by atoms with Crippen molar-refractivity contribution in [2.45, 2.75) is 45.1 Å². The van der Waals surface area contributed by atoms with Gasteiger partial charge < -0.3 is 5.73 Å². The molecule has 0 aromatic heterocycles. The monoisotopic (exact) mass is 203 g/mol. The van der Waals surface area contributed by atoms with Gasteiger partial charge in [-0.15, -0.1) is 0 Å². The van der Waals surface area contributed by atoms with E-state index in [1.54, 1.807) is 0 Å². The van der Waals surface area contributed by atoms with E-state index in [1.807, 2.05) is 0 Å². The molecular formula is C14H21N. The molecule has 0 atom stereocenters. The summed E-state index contributed by atoms with van der Waals surface area (Å²) in [4.78, 5) is 0. The van der Waals surface area contributed by atoms with Crippen molar-refractivity contribution in [3.05, 3.63) is 35.4 Å². The zero-order valence-corrected chi connectivity index (χ0v) is 9.41. The van der Waals surface area contributed by atoms with Crippen LogP contribution in [0.1, 0.15) is 43.2 Å². The summed E-state index contributed by atoms with van der Waals surface area (Å²) in [6.07, 6.45) is 8.37. The second-order valence-corrected chi connectivity index (χ2v) is 4.68. The Morgan fingerprint density at radius 1 is 1.00 bits per heavy atom. The molecule has 0 radical (unpaired) electrons. The Morgan fingerprint density at radius 2 is 1.67 bits per heavy atom. The maximum absolute atomic E-state index is 5.76. The molecule has 2 N–H and O–H groups in total. The van der Waals surface area contributed by atoms with Gasteiger partial charge in [0.2, 0.25) is 0 Å². The van der Waals surface area contributed by atoms with Crippen molar-refractivity contribution < 1.29 is 0 Å². The summed E-state index contributed by atoms with van der Waals surface area (Å²) in [5, 5.41) is 0. The van der Waals surface area contributed by atoms with E-state index in [1.165, 1.54) is 49.7 Å². The van der Waals surface area contributed by atoms with Gasteiger partial charge in [0.25, 0.3) is 0 Å². The molecule has 0 heterocycles. The molecule has 1 saturated carbocycles. The molecule has 1 aliphatic rings. The van der Waals surface area contributed by atoms with Gasteiger partial charge in [0.05, 0.1) is 0 Å². The molecule has 1 aromatic carbocycles. The zero-order valence-electron chi connectivity index (χ0n) is 9.41. The van der Waals surface area contributed by atoms with Crippen LogP contribution in [0.15, 0.2) is 24.3 Å². The molecule has 82 valence electrons. The molecule has 0 bridgehead atoms. The van der Waals surface area contributed by atoms with Crippen LogP contribution in [0.25, 0.3) is 0 Å². The SMILES string of the molecule is NCc1ccccc1CC1CCCCC1. The summed E-state index contributed by atoms with van der Waals surface area (Å²) in [5.41, 5.74) is 8.57. The summed E-state index contributed by atoms with van der Waals surface area (Å²) < 4.78 is 0. The van der Waals surface area contributed by atoms with E-state index in [0.717, 1.165) is 5.92 Å². The number of rotatable bonds is 3. The Hall–Kier alpha value is -0.820. The van der Waals surface area contributed by atoms with Gasteiger partial charge in [0, 0.05) is 6.54 Å². The smallest absolute Gasteiger partial charge is 0.0180 e. The first-order valence-electron chi connectivity index (χ1n) is 6.17. The average Bonchev–Trinajstić information content (AvgIpc) is 2.31. The third kappa shape index (κ3) is 2.82. The predicted octanol–water partition coefficient (Wildman–Crippen LogP) is 3.27. The van der Waals surface area contributed by atoms with Crippen molar-refractivity contribution in [3.63, 3.8) is 0 Å². The van der Waals surface area contributed by atoms with Crippen molar-refractivity contribution in [2.75, 3.05) is 0 Å². The van der Waals surface area contributed by atoms with Crippen LogP contribution < -0.4 is 5.73 Å². The summed E-state index contributed by atoms with van der Waals surface area (Å²) in [6.45, 7) is 0.683. The lowest BCUT2D eigenvalue weighted by atomic mass is 9.84. The number of benzene rings is 1. The van der Waals surface area contributed by atoms with Crippen LogP contribution in [0.3, 0.4) is 0 Å². The fourth-order valence-corrected chi connectivity index (χ4v) is 2.66. The van der Waals surface area contributed by atoms with E-state index in [0.29, 0.717) is 6.54 Å². The van der Waals surface area contributed by atoms with Crippen LogP contribution in [0.2, 0.25) is 0 Å². The number of nitrogens with two attached hydrogens (primary N) is 1. The minimum Gasteiger partial charge on any atom is -0.326 e. The van der Waals surface area contributed by atoms with Crippen molar-refractivity contribution in [1.82, 2.24) is 0 Å². The van der Waals surface area contributed by atoms with Crippen molar-refractivity contribution in [1.29, 1.82) is 0 Å². The highest BCUT2D eigenvalue weighted by molar-refractivity contribution is 5.27. The molecule has 0 saturated heterocycles. The standard InChI is InChI=1S/C14H21N/c15-11-14-9-5-4-8-13(14)10-12-6-2-1-3-7-12/h4-5,8-9,12H,1-3,6-7,10-11,15H2. The van der Waals surface area contributed by atoms with Gasteiger partial charge in [0.15, 0.2) is 0 Å². The van der Waals surface area contributed by atoms with Gasteiger partial charge in [-0.3, -0.25) is 0 Å². The molecular weight excluding hydrogens is 182 g/mol. The van der Waals surface area contributed by atoms with Gasteiger partial charge >= 0.3 is 0 Å². The Balaban J connectivity index is 2.02. The average molecular weight is 203 g/mol. The molecule has 1 nitrogen and oxygen atoms in total. The molecule has 1 heteroatoms. The Kier molecular flexibility index (Phi) is 3.79. The van der Waals surface area contributed by atoms with Crippen LogP contribution >= 0.6 is 0 Å². The second-order valence-electron chi connectivity index (χ2n) is 4.68. The topological polar surface area (TPSA) is 26.0 Å². The summed E-state index contributed by atoms with van der Waals surface area (Å²) >= 11 is 0. The molecule has 2 rings (SSSR count). The van der Waals surface area contributed by atoms with E-state index < -0.39 is 0 Å². The van der Waals surface area contributed by atoms with Crippen molar-refractivity contribution in [3.8, 4) is 0 Å². The summed E-state index contributed by atoms with van der Waals surface area (Å²) in [5.74, 6) is 0.909. The zero-order chi connectivity index (χ0) is 10.5. The van der Waals surface area contributed by atoms with Crippen molar-refractivity contribution in [2.24, 2.45) is 11.7 Å². The van der Waals surface area contributed by atoms with Gasteiger partial charge in [-0.25, -0.2) is 0 Å². The van der Waals surface area contributed by atoms with Crippen LogP contribution in [-0.4, -0.2) is 0 Å². The molecule has 0 unspecified atom stereocenters. The molecule has 0 aliphatic heterocycles. The Morgan fingerprint density at radius 3 is 2.33 bits per heavy atom. The quantitative estimate of drug-likeness (QED) is 0.801. The third-order valence-electron chi connectivity index (χ3n) is 3.57. The van der Waals surface area contributed by atoms with Gasteiger partial charge in [-0.1, -0.05) is 56.4 Å². The van der Waals surface area contributed by atoms with Gasteiger partial charge in [0.1, 0.15) is 0 Å². The van der Waals surface area contributed by atoms with E-state index in [4.69, 9.17) is 5.73 Å². The minimum absolute atomic E-state index is 0.683. The largest absolute Gasteiger partial charge is 0.326 e. The van der Waals surface area contributed by atoms with Crippen LogP contribution in [0.4, 0.5) is 0 Å². The molecule has 15 heavy (non-hydrogen) atoms. The molecule has 1 aliphatic carbocycles. The first-order valence-corrected chi connectivity index (χ1v) is 6.17. The van der Waals surface area contributed by atoms with Crippen LogP contribution in [0, 0.1) is 5.92 Å². The van der Waals surface area contributed by atoms with Gasteiger partial charge in [-0.2, -0.15) is 0 Å². The van der Waals surface area contributed by atoms with Crippen LogP contribution in [0.5, 0.6) is 0 Å². The lowest BCUT2D eigenvalue weighted by Crippen LogP contribution is -2.11. The lowest BCUT2D eigenvalue weighted by molar-refractivity contribution is 0.356. The highest BCUT2D eigenvalue weighted by Crippen LogP contribution is 2.27. The van der Waals surface area contributed by atoms with E-state index >= 15 is 0 Å². The molecule has 0 amide bonds. The minimum atomic E-state index is 0.683. The Bertz CT molecular complexity index is 300. The summed E-state index contributed by atoms with van der Waals surface area (Å²) in [7, 11) is 0. The predicted molar refractivity (Wildman–Crippen MR) is 64.6 cm³/mol. The van der Waals surface area contributed by atoms with Gasteiger partial charge in [-0.05, 0) is 23.5 Å². The van der Waals surface area contributed by atoms with E-state index in [9.17, 15) is 0 Å². The maximum Gasteiger partial charge on any atom is 0.0180 e. The fourth-order valence-electron chi connectivity index (χ4n) is 2.66. The highest BCUT2D eigenvalue weighted by Gasteiger charge is 2.14. The number of hydrogen-bond acceptors (Lipinski definition) is 1. The van der Waals surface area contributed by atoms with Crippen LogP contribution in [-0.2, 0) is 13.0 Å². The highest BCUT2D eigenvalue weighted by atomic mass is 14.5. The van der Waals surface area contributed by atoms with E-state index in [-0.39, 0.29) is 0 Å². The first kappa shape index (κ1) is 10.7. The van der Waals surface area contributed by atoms with Crippen molar-refractivity contribution >= 4 is 0 Å². The normalized spacial score (nSPS) is 17.9. The lowest BCUT2D eigenvalue weighted by Gasteiger charge is -2.22. The maximum atomic E-state index is 5.76. The summed E-state index contributed by atoms with van der Waals surface area (Å²) in [6, 6.07) is 8.64. The number of hydrogen-bond donors (Lipinski definition) is 1. The molecule has 1 aromatic rings. The first-order chi connectivity index (χ1) is 7.40. The Labute approximate surface area is 92.7 Å². The second kappa shape index (κ2) is 5.32.